The lowest BCUT2D eigenvalue weighted by molar-refractivity contribution is 0.758. The van der Waals surface area contributed by atoms with Crippen LogP contribution in [-0.4, -0.2) is 6.54 Å². The molecule has 0 unspecified atom stereocenters. The molecule has 1 N–H and O–H groups in total. The van der Waals surface area contributed by atoms with Gasteiger partial charge in [0, 0.05) is 16.6 Å². The Morgan fingerprint density at radius 1 is 1.29 bits per heavy atom. The summed E-state index contributed by atoms with van der Waals surface area (Å²) in [7, 11) is 0. The normalized spacial score (nSPS) is 11.9. The Labute approximate surface area is 86.9 Å². The van der Waals surface area contributed by atoms with E-state index in [1.165, 1.54) is 10.1 Å². The third-order valence-electron chi connectivity index (χ3n) is 1.94. The Balaban J connectivity index is 2.65. The summed E-state index contributed by atoms with van der Waals surface area (Å²) in [5.41, 5.74) is 2.99. The Morgan fingerprint density at radius 2 is 2.14 bits per heavy atom. The maximum absolute atomic E-state index is 4.31. The highest BCUT2D eigenvalue weighted by molar-refractivity contribution is 7.16. The van der Waals surface area contributed by atoms with E-state index in [-0.39, 0.29) is 0 Å². The van der Waals surface area contributed by atoms with E-state index in [2.05, 4.69) is 34.1 Å². The molecule has 0 bridgehead atoms. The molecule has 1 heterocycles. The average molecular weight is 204 g/mol. The summed E-state index contributed by atoms with van der Waals surface area (Å²) >= 11 is 1.74. The fourth-order valence-corrected chi connectivity index (χ4v) is 2.10. The molecule has 2 rings (SSSR count). The molecule has 3 heteroatoms. The minimum atomic E-state index is 0.854. The number of nitrogens with one attached hydrogen (secondary N) is 1. The van der Waals surface area contributed by atoms with Gasteiger partial charge in [-0.3, -0.25) is 0 Å². The van der Waals surface area contributed by atoms with Crippen molar-refractivity contribution in [3.8, 4) is 0 Å². The Kier molecular flexibility index (Phi) is 2.79. The molecule has 0 saturated carbocycles. The lowest BCUT2D eigenvalue weighted by Crippen LogP contribution is -2.12. The smallest absolute Gasteiger partial charge is 0.0923 e. The summed E-state index contributed by atoms with van der Waals surface area (Å²) in [6.07, 6.45) is 0. The lowest BCUT2D eigenvalue weighted by Gasteiger charge is -1.97. The number of fused-ring (bicyclic) bond motifs is 1. The first kappa shape index (κ1) is 9.21. The molecular weight excluding hydrogens is 192 g/mol. The molecule has 0 atom stereocenters. The van der Waals surface area contributed by atoms with E-state index in [1.807, 2.05) is 19.1 Å². The van der Waals surface area contributed by atoms with Gasteiger partial charge in [0.05, 0.1) is 5.36 Å². The van der Waals surface area contributed by atoms with Crippen LogP contribution in [0.1, 0.15) is 6.92 Å². The Hall–Kier alpha value is -1.35. The van der Waals surface area contributed by atoms with Crippen molar-refractivity contribution in [3.05, 3.63) is 41.1 Å². The zero-order chi connectivity index (χ0) is 9.80. The van der Waals surface area contributed by atoms with Crippen LogP contribution in [-0.2, 0) is 0 Å². The second-order valence-corrected chi connectivity index (χ2v) is 3.87. The van der Waals surface area contributed by atoms with Crippen LogP contribution in [0, 0.1) is 0 Å². The summed E-state index contributed by atoms with van der Waals surface area (Å²) < 4.78 is 1.27. The zero-order valence-corrected chi connectivity index (χ0v) is 8.84. The van der Waals surface area contributed by atoms with E-state index in [1.54, 1.807) is 11.3 Å². The van der Waals surface area contributed by atoms with E-state index < -0.39 is 0 Å². The van der Waals surface area contributed by atoms with Crippen molar-refractivity contribution in [2.24, 2.45) is 5.10 Å². The van der Waals surface area contributed by atoms with E-state index in [9.17, 15) is 0 Å². The summed E-state index contributed by atoms with van der Waals surface area (Å²) in [5, 5.41) is 8.60. The highest BCUT2D eigenvalue weighted by Gasteiger charge is 1.93. The minimum Gasteiger partial charge on any atom is -0.310 e. The molecule has 0 saturated heterocycles. The minimum absolute atomic E-state index is 0.854. The number of hydrogen-bond acceptors (Lipinski definition) is 3. The highest BCUT2D eigenvalue weighted by Crippen LogP contribution is 2.13. The van der Waals surface area contributed by atoms with Gasteiger partial charge in [0.2, 0.25) is 0 Å². The van der Waals surface area contributed by atoms with Crippen LogP contribution in [0.5, 0.6) is 0 Å². The fourth-order valence-electron chi connectivity index (χ4n) is 1.30. The zero-order valence-electron chi connectivity index (χ0n) is 8.03. The SMILES string of the molecule is CCNN=c1ccsc2ccccc12. The van der Waals surface area contributed by atoms with Gasteiger partial charge >= 0.3 is 0 Å². The lowest BCUT2D eigenvalue weighted by atomic mass is 10.2. The molecule has 72 valence electrons. The van der Waals surface area contributed by atoms with Crippen LogP contribution in [0.4, 0.5) is 0 Å². The van der Waals surface area contributed by atoms with Crippen molar-refractivity contribution in [2.75, 3.05) is 6.54 Å². The van der Waals surface area contributed by atoms with Crippen molar-refractivity contribution in [1.29, 1.82) is 0 Å². The molecule has 0 aliphatic carbocycles. The molecular formula is C11H12N2S. The number of benzene rings is 1. The van der Waals surface area contributed by atoms with Crippen LogP contribution < -0.4 is 10.8 Å². The first-order valence-electron chi connectivity index (χ1n) is 4.65. The van der Waals surface area contributed by atoms with Gasteiger partial charge in [0.15, 0.2) is 0 Å². The van der Waals surface area contributed by atoms with Crippen molar-refractivity contribution >= 4 is 21.4 Å². The first-order chi connectivity index (χ1) is 6.92. The van der Waals surface area contributed by atoms with Crippen LogP contribution in [0.15, 0.2) is 40.8 Å². The topological polar surface area (TPSA) is 24.4 Å². The van der Waals surface area contributed by atoms with E-state index in [0.29, 0.717) is 0 Å². The maximum Gasteiger partial charge on any atom is 0.0923 e. The van der Waals surface area contributed by atoms with Gasteiger partial charge in [0.25, 0.3) is 0 Å². The largest absolute Gasteiger partial charge is 0.310 e. The maximum atomic E-state index is 4.31. The molecule has 14 heavy (non-hydrogen) atoms. The van der Waals surface area contributed by atoms with Crippen LogP contribution in [0.25, 0.3) is 10.1 Å². The van der Waals surface area contributed by atoms with E-state index in [4.69, 9.17) is 0 Å². The van der Waals surface area contributed by atoms with Crippen molar-refractivity contribution in [2.45, 2.75) is 6.92 Å². The predicted molar refractivity (Wildman–Crippen MR) is 61.1 cm³/mol. The van der Waals surface area contributed by atoms with E-state index >= 15 is 0 Å². The van der Waals surface area contributed by atoms with Crippen molar-refractivity contribution in [3.63, 3.8) is 0 Å². The number of rotatable bonds is 2. The summed E-state index contributed by atoms with van der Waals surface area (Å²) in [6, 6.07) is 10.3. The highest BCUT2D eigenvalue weighted by atomic mass is 32.1. The predicted octanol–water partition coefficient (Wildman–Crippen LogP) is 2.33. The van der Waals surface area contributed by atoms with Crippen molar-refractivity contribution in [1.82, 2.24) is 5.43 Å². The second kappa shape index (κ2) is 4.24. The fraction of sp³-hybridized carbons (Fsp3) is 0.182. The summed E-state index contributed by atoms with van der Waals surface area (Å²) in [6.45, 7) is 2.89. The monoisotopic (exact) mass is 204 g/mol. The molecule has 0 amide bonds. The molecule has 0 aliphatic heterocycles. The van der Waals surface area contributed by atoms with Gasteiger partial charge in [0.1, 0.15) is 0 Å². The number of nitrogens with zero attached hydrogens (tertiary/aromatic N) is 1. The van der Waals surface area contributed by atoms with Crippen LogP contribution in [0.3, 0.4) is 0 Å². The quantitative estimate of drug-likeness (QED) is 0.746. The van der Waals surface area contributed by atoms with Gasteiger partial charge < -0.3 is 5.43 Å². The average Bonchev–Trinajstić information content (AvgIpc) is 2.26. The first-order valence-corrected chi connectivity index (χ1v) is 5.53. The molecule has 0 fully saturated rings. The molecule has 0 aliphatic rings. The third-order valence-corrected chi connectivity index (χ3v) is 2.82. The molecule has 0 spiro atoms. The van der Waals surface area contributed by atoms with Gasteiger partial charge in [-0.25, -0.2) is 0 Å². The standard InChI is InChI=1S/C11H12N2S/c1-2-12-13-10-7-8-14-11-6-4-3-5-9(10)11/h3-8,12H,2H2,1H3. The molecule has 0 radical (unpaired) electrons. The van der Waals surface area contributed by atoms with Gasteiger partial charge in [-0.2, -0.15) is 5.10 Å². The Morgan fingerprint density at radius 3 is 3.00 bits per heavy atom. The summed E-state index contributed by atoms with van der Waals surface area (Å²) in [5.74, 6) is 0. The van der Waals surface area contributed by atoms with Gasteiger partial charge in [-0.1, -0.05) is 18.2 Å². The molecule has 2 nitrogen and oxygen atoms in total. The van der Waals surface area contributed by atoms with E-state index in [0.717, 1.165) is 11.9 Å². The second-order valence-electron chi connectivity index (χ2n) is 2.93. The van der Waals surface area contributed by atoms with Crippen molar-refractivity contribution < 1.29 is 0 Å². The van der Waals surface area contributed by atoms with Crippen LogP contribution >= 0.6 is 11.3 Å². The van der Waals surface area contributed by atoms with Crippen LogP contribution in [0.2, 0.25) is 0 Å². The summed E-state index contributed by atoms with van der Waals surface area (Å²) in [4.78, 5) is 0. The Bertz CT molecular complexity index is 482. The number of hydrogen-bond donors (Lipinski definition) is 1. The van der Waals surface area contributed by atoms with Gasteiger partial charge in [-0.15, -0.1) is 11.3 Å². The van der Waals surface area contributed by atoms with Gasteiger partial charge in [-0.05, 0) is 24.4 Å². The third kappa shape index (κ3) is 1.77. The molecule has 1 aromatic heterocycles. The molecule has 1 aromatic carbocycles. The molecule has 2 aromatic rings.